The number of oxime groups is 1. The molecule has 98 valence electrons. The van der Waals surface area contributed by atoms with Crippen LogP contribution in [0.1, 0.15) is 46.5 Å². The van der Waals surface area contributed by atoms with Crippen LogP contribution >= 0.6 is 0 Å². The van der Waals surface area contributed by atoms with Crippen molar-refractivity contribution in [3.05, 3.63) is 0 Å². The van der Waals surface area contributed by atoms with E-state index in [-0.39, 0.29) is 17.8 Å². The number of nitrogens with zero attached hydrogens (tertiary/aromatic N) is 1. The Balaban J connectivity index is 2.73. The first-order valence-corrected chi connectivity index (χ1v) is 6.24. The van der Waals surface area contributed by atoms with Crippen molar-refractivity contribution in [3.8, 4) is 0 Å². The normalized spacial score (nSPS) is 28.8. The maximum Gasteiger partial charge on any atom is 0.233 e. The first-order chi connectivity index (χ1) is 7.95. The van der Waals surface area contributed by atoms with Gasteiger partial charge in [0.05, 0.1) is 0 Å². The molecule has 0 aliphatic heterocycles. The highest BCUT2D eigenvalue weighted by Gasteiger charge is 2.38. The predicted molar refractivity (Wildman–Crippen MR) is 66.8 cm³/mol. The molecule has 0 aromatic rings. The molecule has 17 heavy (non-hydrogen) atoms. The van der Waals surface area contributed by atoms with Crippen LogP contribution in [0.5, 0.6) is 0 Å². The summed E-state index contributed by atoms with van der Waals surface area (Å²) in [5, 5.41) is 14.8. The Morgan fingerprint density at radius 2 is 2.24 bits per heavy atom. The minimum absolute atomic E-state index is 0.0249. The Morgan fingerprint density at radius 1 is 1.59 bits per heavy atom. The van der Waals surface area contributed by atoms with E-state index >= 15 is 0 Å². The van der Waals surface area contributed by atoms with E-state index in [1.807, 2.05) is 6.92 Å². The van der Waals surface area contributed by atoms with Gasteiger partial charge < -0.3 is 16.3 Å². The molecule has 0 spiro atoms. The SMILES string of the molecule is CCC(C)(C(=O)NC1CCCC1C)C(N)=NO. The average molecular weight is 241 g/mol. The molecule has 5 nitrogen and oxygen atoms in total. The van der Waals surface area contributed by atoms with Crippen molar-refractivity contribution >= 4 is 11.7 Å². The third-order valence-electron chi connectivity index (χ3n) is 4.06. The summed E-state index contributed by atoms with van der Waals surface area (Å²) in [4.78, 5) is 12.2. The van der Waals surface area contributed by atoms with Gasteiger partial charge in [-0.1, -0.05) is 25.4 Å². The molecule has 1 aliphatic rings. The molecule has 1 aliphatic carbocycles. The molecule has 0 aromatic carbocycles. The van der Waals surface area contributed by atoms with Crippen LogP contribution in [0.3, 0.4) is 0 Å². The van der Waals surface area contributed by atoms with Gasteiger partial charge in [0.1, 0.15) is 5.41 Å². The second-order valence-corrected chi connectivity index (χ2v) is 5.16. The summed E-state index contributed by atoms with van der Waals surface area (Å²) in [5.41, 5.74) is 4.69. The number of carbonyl (C=O) groups excluding carboxylic acids is 1. The molecular formula is C12H23N3O2. The van der Waals surface area contributed by atoms with Gasteiger partial charge in [0.15, 0.2) is 5.84 Å². The summed E-state index contributed by atoms with van der Waals surface area (Å²) in [6, 6.07) is 0.222. The first-order valence-electron chi connectivity index (χ1n) is 6.24. The van der Waals surface area contributed by atoms with Crippen LogP contribution in [0.2, 0.25) is 0 Å². The number of hydrogen-bond acceptors (Lipinski definition) is 3. The van der Waals surface area contributed by atoms with Gasteiger partial charge in [-0.05, 0) is 32.1 Å². The van der Waals surface area contributed by atoms with Crippen molar-refractivity contribution in [2.24, 2.45) is 22.2 Å². The zero-order valence-electron chi connectivity index (χ0n) is 10.9. The van der Waals surface area contributed by atoms with Gasteiger partial charge in [-0.2, -0.15) is 0 Å². The van der Waals surface area contributed by atoms with Gasteiger partial charge in [0.2, 0.25) is 5.91 Å². The summed E-state index contributed by atoms with van der Waals surface area (Å²) in [6.07, 6.45) is 3.83. The van der Waals surface area contributed by atoms with Crippen LogP contribution in [-0.2, 0) is 4.79 Å². The zero-order valence-corrected chi connectivity index (χ0v) is 10.9. The minimum atomic E-state index is -0.920. The van der Waals surface area contributed by atoms with Crippen molar-refractivity contribution in [2.75, 3.05) is 0 Å². The molecule has 3 atom stereocenters. The van der Waals surface area contributed by atoms with Crippen molar-refractivity contribution in [2.45, 2.75) is 52.5 Å². The van der Waals surface area contributed by atoms with Crippen molar-refractivity contribution in [1.29, 1.82) is 0 Å². The molecule has 0 bridgehead atoms. The Labute approximate surface area is 102 Å². The smallest absolute Gasteiger partial charge is 0.233 e. The summed E-state index contributed by atoms with van der Waals surface area (Å²) in [6.45, 7) is 5.71. The standard InChI is InChI=1S/C12H23N3O2/c1-4-12(3,10(13)15-17)11(16)14-9-7-5-6-8(9)2/h8-9,17H,4-7H2,1-3H3,(H2,13,15)(H,14,16). The lowest BCUT2D eigenvalue weighted by atomic mass is 9.84. The van der Waals surface area contributed by atoms with Crippen LogP contribution in [0.15, 0.2) is 5.16 Å². The minimum Gasteiger partial charge on any atom is -0.409 e. The highest BCUT2D eigenvalue weighted by Crippen LogP contribution is 2.27. The van der Waals surface area contributed by atoms with Crippen molar-refractivity contribution < 1.29 is 10.0 Å². The highest BCUT2D eigenvalue weighted by molar-refractivity contribution is 6.06. The lowest BCUT2D eigenvalue weighted by Crippen LogP contribution is -2.51. The van der Waals surface area contributed by atoms with E-state index < -0.39 is 5.41 Å². The van der Waals surface area contributed by atoms with Crippen molar-refractivity contribution in [1.82, 2.24) is 5.32 Å². The van der Waals surface area contributed by atoms with E-state index in [9.17, 15) is 4.79 Å². The molecule has 1 rings (SSSR count). The topological polar surface area (TPSA) is 87.7 Å². The van der Waals surface area contributed by atoms with Crippen molar-refractivity contribution in [3.63, 3.8) is 0 Å². The van der Waals surface area contributed by atoms with E-state index in [1.165, 1.54) is 0 Å². The van der Waals surface area contributed by atoms with Crippen LogP contribution in [0, 0.1) is 11.3 Å². The van der Waals surface area contributed by atoms with Gasteiger partial charge in [-0.25, -0.2) is 0 Å². The fraction of sp³-hybridized carbons (Fsp3) is 0.833. The van der Waals surface area contributed by atoms with E-state index in [0.717, 1.165) is 19.3 Å². The number of carbonyl (C=O) groups is 1. The molecule has 0 aromatic heterocycles. The van der Waals surface area contributed by atoms with Crippen LogP contribution < -0.4 is 11.1 Å². The van der Waals surface area contributed by atoms with Crippen LogP contribution in [0.25, 0.3) is 0 Å². The highest BCUT2D eigenvalue weighted by atomic mass is 16.4. The zero-order chi connectivity index (χ0) is 13.1. The van der Waals surface area contributed by atoms with E-state index in [4.69, 9.17) is 10.9 Å². The Bertz CT molecular complexity index is 317. The Morgan fingerprint density at radius 3 is 2.65 bits per heavy atom. The van der Waals surface area contributed by atoms with E-state index in [2.05, 4.69) is 17.4 Å². The quantitative estimate of drug-likeness (QED) is 0.301. The molecule has 0 radical (unpaired) electrons. The molecule has 1 fully saturated rings. The van der Waals surface area contributed by atoms with E-state index in [0.29, 0.717) is 12.3 Å². The molecular weight excluding hydrogens is 218 g/mol. The molecule has 3 unspecified atom stereocenters. The maximum atomic E-state index is 12.2. The summed E-state index contributed by atoms with van der Waals surface area (Å²) in [7, 11) is 0. The third-order valence-corrected chi connectivity index (χ3v) is 4.06. The number of nitrogens with two attached hydrogens (primary N) is 1. The van der Waals surface area contributed by atoms with Gasteiger partial charge in [-0.3, -0.25) is 4.79 Å². The lowest BCUT2D eigenvalue weighted by molar-refractivity contribution is -0.128. The largest absolute Gasteiger partial charge is 0.409 e. The number of amides is 1. The monoisotopic (exact) mass is 241 g/mol. The second-order valence-electron chi connectivity index (χ2n) is 5.16. The van der Waals surface area contributed by atoms with Gasteiger partial charge in [0, 0.05) is 6.04 Å². The molecule has 5 heteroatoms. The fourth-order valence-electron chi connectivity index (χ4n) is 2.26. The molecule has 4 N–H and O–H groups in total. The number of nitrogens with one attached hydrogen (secondary N) is 1. The Hall–Kier alpha value is -1.26. The Kier molecular flexibility index (Phi) is 4.37. The molecule has 1 amide bonds. The van der Waals surface area contributed by atoms with E-state index in [1.54, 1.807) is 6.92 Å². The third kappa shape index (κ3) is 2.70. The van der Waals surface area contributed by atoms with Gasteiger partial charge in [-0.15, -0.1) is 0 Å². The van der Waals surface area contributed by atoms with Gasteiger partial charge in [0.25, 0.3) is 0 Å². The van der Waals surface area contributed by atoms with Crippen LogP contribution in [-0.4, -0.2) is 23.0 Å². The summed E-state index contributed by atoms with van der Waals surface area (Å²) >= 11 is 0. The first kappa shape index (κ1) is 13.8. The summed E-state index contributed by atoms with van der Waals surface area (Å²) in [5.74, 6) is 0.338. The molecule has 0 saturated heterocycles. The molecule has 1 saturated carbocycles. The lowest BCUT2D eigenvalue weighted by Gasteiger charge is -2.28. The number of hydrogen-bond donors (Lipinski definition) is 3. The number of rotatable bonds is 4. The second kappa shape index (κ2) is 5.38. The fourth-order valence-corrected chi connectivity index (χ4v) is 2.26. The summed E-state index contributed by atoms with van der Waals surface area (Å²) < 4.78 is 0. The molecule has 0 heterocycles. The van der Waals surface area contributed by atoms with Gasteiger partial charge >= 0.3 is 0 Å². The predicted octanol–water partition coefficient (Wildman–Crippen LogP) is 1.45. The average Bonchev–Trinajstić information content (AvgIpc) is 2.72. The number of amidine groups is 1. The maximum absolute atomic E-state index is 12.2. The van der Waals surface area contributed by atoms with Crippen LogP contribution in [0.4, 0.5) is 0 Å².